The van der Waals surface area contributed by atoms with Crippen LogP contribution in [0.25, 0.3) is 0 Å². The van der Waals surface area contributed by atoms with Gasteiger partial charge >= 0.3 is 0 Å². The van der Waals surface area contributed by atoms with Crippen LogP contribution in [0.3, 0.4) is 0 Å². The monoisotopic (exact) mass is 254 g/mol. The summed E-state index contributed by atoms with van der Waals surface area (Å²) in [5.74, 6) is 0. The van der Waals surface area contributed by atoms with E-state index in [4.69, 9.17) is 0 Å². The van der Waals surface area contributed by atoms with Crippen molar-refractivity contribution >= 4 is 0 Å². The topological polar surface area (TPSA) is 54.2 Å². The Morgan fingerprint density at radius 2 is 2.00 bits per heavy atom. The number of aromatic nitrogens is 2. The van der Waals surface area contributed by atoms with Gasteiger partial charge in [-0.05, 0) is 46.3 Å². The molecule has 1 rings (SSSR count). The highest BCUT2D eigenvalue weighted by molar-refractivity contribution is 5.03. The lowest BCUT2D eigenvalue weighted by Crippen LogP contribution is -2.29. The predicted octanol–water partition coefficient (Wildman–Crippen LogP) is 1.98. The third-order valence-corrected chi connectivity index (χ3v) is 3.37. The summed E-state index contributed by atoms with van der Waals surface area (Å²) < 4.78 is 4.67. The Morgan fingerprint density at radius 1 is 1.28 bits per heavy atom. The zero-order chi connectivity index (χ0) is 13.4. The smallest absolute Gasteiger partial charge is 0.121 e. The maximum absolute atomic E-state index is 4.67. The Morgan fingerprint density at radius 3 is 2.56 bits per heavy atom. The van der Waals surface area contributed by atoms with Crippen LogP contribution in [0, 0.1) is 6.92 Å². The van der Waals surface area contributed by atoms with Crippen LogP contribution in [0.5, 0.6) is 0 Å². The van der Waals surface area contributed by atoms with Gasteiger partial charge in [-0.3, -0.25) is 0 Å². The SMILES string of the molecule is CCN(CC)CCCC(C)NCc1nonc1C. The largest absolute Gasteiger partial charge is 0.308 e. The Balaban J connectivity index is 2.14. The van der Waals surface area contributed by atoms with Crippen molar-refractivity contribution in [3.8, 4) is 0 Å². The Hall–Kier alpha value is -0.940. The standard InChI is InChI=1S/C13H26N4O/c1-5-17(6-2)9-7-8-11(3)14-10-13-12(4)15-18-16-13/h11,14H,5-10H2,1-4H3. The normalized spacial score (nSPS) is 13.2. The molecule has 0 saturated carbocycles. The molecule has 0 fully saturated rings. The fourth-order valence-corrected chi connectivity index (χ4v) is 1.94. The molecule has 0 bridgehead atoms. The molecule has 1 heterocycles. The first-order chi connectivity index (χ1) is 8.67. The molecule has 0 aliphatic heterocycles. The minimum absolute atomic E-state index is 0.497. The van der Waals surface area contributed by atoms with E-state index in [-0.39, 0.29) is 0 Å². The van der Waals surface area contributed by atoms with E-state index in [1.165, 1.54) is 19.4 Å². The third kappa shape index (κ3) is 5.14. The molecule has 0 aliphatic carbocycles. The van der Waals surface area contributed by atoms with E-state index < -0.39 is 0 Å². The van der Waals surface area contributed by atoms with Crippen molar-refractivity contribution in [2.75, 3.05) is 19.6 Å². The summed E-state index contributed by atoms with van der Waals surface area (Å²) in [6.45, 7) is 12.8. The van der Waals surface area contributed by atoms with E-state index in [0.717, 1.165) is 31.0 Å². The number of rotatable bonds is 9. The van der Waals surface area contributed by atoms with Gasteiger partial charge in [0.15, 0.2) is 0 Å². The molecule has 1 aromatic heterocycles. The quantitative estimate of drug-likeness (QED) is 0.730. The van der Waals surface area contributed by atoms with Crippen molar-refractivity contribution in [3.05, 3.63) is 11.4 Å². The summed E-state index contributed by atoms with van der Waals surface area (Å²) in [4.78, 5) is 2.46. The number of aryl methyl sites for hydroxylation is 1. The molecule has 0 spiro atoms. The highest BCUT2D eigenvalue weighted by atomic mass is 16.6. The molecule has 0 saturated heterocycles. The van der Waals surface area contributed by atoms with E-state index >= 15 is 0 Å². The molecule has 1 N–H and O–H groups in total. The van der Waals surface area contributed by atoms with Crippen LogP contribution in [0.2, 0.25) is 0 Å². The molecule has 0 radical (unpaired) electrons. The van der Waals surface area contributed by atoms with E-state index in [0.29, 0.717) is 6.04 Å². The van der Waals surface area contributed by atoms with Crippen LogP contribution in [0.15, 0.2) is 4.63 Å². The van der Waals surface area contributed by atoms with Gasteiger partial charge in [0, 0.05) is 12.6 Å². The molecular formula is C13H26N4O. The van der Waals surface area contributed by atoms with Crippen LogP contribution in [0.1, 0.15) is 45.0 Å². The van der Waals surface area contributed by atoms with Crippen LogP contribution >= 0.6 is 0 Å². The van der Waals surface area contributed by atoms with Crippen molar-refractivity contribution < 1.29 is 4.63 Å². The minimum Gasteiger partial charge on any atom is -0.308 e. The minimum atomic E-state index is 0.497. The van der Waals surface area contributed by atoms with Crippen LogP contribution < -0.4 is 5.32 Å². The summed E-state index contributed by atoms with van der Waals surface area (Å²) in [6.07, 6.45) is 2.41. The second-order valence-corrected chi connectivity index (χ2v) is 4.75. The number of nitrogens with one attached hydrogen (secondary N) is 1. The average Bonchev–Trinajstić information content (AvgIpc) is 2.78. The van der Waals surface area contributed by atoms with Gasteiger partial charge in [0.2, 0.25) is 0 Å². The maximum atomic E-state index is 4.67. The lowest BCUT2D eigenvalue weighted by atomic mass is 10.1. The third-order valence-electron chi connectivity index (χ3n) is 3.37. The van der Waals surface area contributed by atoms with Crippen molar-refractivity contribution in [2.24, 2.45) is 0 Å². The first-order valence-corrected chi connectivity index (χ1v) is 6.91. The molecule has 18 heavy (non-hydrogen) atoms. The first kappa shape index (κ1) is 15.1. The van der Waals surface area contributed by atoms with Gasteiger partial charge in [0.1, 0.15) is 11.4 Å². The molecule has 0 amide bonds. The highest BCUT2D eigenvalue weighted by Gasteiger charge is 2.07. The van der Waals surface area contributed by atoms with Gasteiger partial charge < -0.3 is 10.2 Å². The fraction of sp³-hybridized carbons (Fsp3) is 0.846. The summed E-state index contributed by atoms with van der Waals surface area (Å²) in [5, 5.41) is 11.1. The summed E-state index contributed by atoms with van der Waals surface area (Å²) in [7, 11) is 0. The predicted molar refractivity (Wildman–Crippen MR) is 72.4 cm³/mol. The molecule has 1 atom stereocenters. The molecule has 5 heteroatoms. The Kier molecular flexibility index (Phi) is 6.90. The van der Waals surface area contributed by atoms with Gasteiger partial charge in [-0.1, -0.05) is 24.2 Å². The maximum Gasteiger partial charge on any atom is 0.121 e. The van der Waals surface area contributed by atoms with E-state index in [2.05, 4.69) is 45.9 Å². The molecule has 0 aromatic carbocycles. The van der Waals surface area contributed by atoms with E-state index in [9.17, 15) is 0 Å². The van der Waals surface area contributed by atoms with Gasteiger partial charge in [0.25, 0.3) is 0 Å². The van der Waals surface area contributed by atoms with Gasteiger partial charge in [-0.2, -0.15) is 0 Å². The number of nitrogens with zero attached hydrogens (tertiary/aromatic N) is 3. The average molecular weight is 254 g/mol. The highest BCUT2D eigenvalue weighted by Crippen LogP contribution is 2.03. The Bertz CT molecular complexity index is 323. The molecule has 0 aliphatic rings. The second kappa shape index (κ2) is 8.21. The summed E-state index contributed by atoms with van der Waals surface area (Å²) in [5.41, 5.74) is 1.78. The number of hydrogen-bond acceptors (Lipinski definition) is 5. The zero-order valence-corrected chi connectivity index (χ0v) is 12.1. The van der Waals surface area contributed by atoms with Crippen LogP contribution in [-0.2, 0) is 6.54 Å². The van der Waals surface area contributed by atoms with E-state index in [1.54, 1.807) is 0 Å². The number of hydrogen-bond donors (Lipinski definition) is 1. The second-order valence-electron chi connectivity index (χ2n) is 4.75. The van der Waals surface area contributed by atoms with Crippen LogP contribution in [0.4, 0.5) is 0 Å². The van der Waals surface area contributed by atoms with Crippen LogP contribution in [-0.4, -0.2) is 40.9 Å². The van der Waals surface area contributed by atoms with Crippen molar-refractivity contribution in [2.45, 2.75) is 53.1 Å². The zero-order valence-electron chi connectivity index (χ0n) is 12.1. The first-order valence-electron chi connectivity index (χ1n) is 6.91. The summed E-state index contributed by atoms with van der Waals surface area (Å²) in [6, 6.07) is 0.497. The van der Waals surface area contributed by atoms with E-state index in [1.807, 2.05) is 6.92 Å². The lowest BCUT2D eigenvalue weighted by molar-refractivity contribution is 0.288. The lowest BCUT2D eigenvalue weighted by Gasteiger charge is -2.19. The Labute approximate surface area is 110 Å². The van der Waals surface area contributed by atoms with Gasteiger partial charge in [0.05, 0.1) is 0 Å². The van der Waals surface area contributed by atoms with Crippen molar-refractivity contribution in [3.63, 3.8) is 0 Å². The molecule has 1 unspecified atom stereocenters. The molecule has 104 valence electrons. The molecular weight excluding hydrogens is 228 g/mol. The molecule has 5 nitrogen and oxygen atoms in total. The van der Waals surface area contributed by atoms with Crippen molar-refractivity contribution in [1.29, 1.82) is 0 Å². The molecule has 1 aromatic rings. The van der Waals surface area contributed by atoms with Gasteiger partial charge in [-0.15, -0.1) is 0 Å². The summed E-state index contributed by atoms with van der Waals surface area (Å²) >= 11 is 0. The fourth-order valence-electron chi connectivity index (χ4n) is 1.94. The van der Waals surface area contributed by atoms with Gasteiger partial charge in [-0.25, -0.2) is 4.63 Å². The van der Waals surface area contributed by atoms with Crippen molar-refractivity contribution in [1.82, 2.24) is 20.5 Å².